The first-order valence-corrected chi connectivity index (χ1v) is 7.42. The van der Waals surface area contributed by atoms with Gasteiger partial charge in [0.25, 0.3) is 5.91 Å². The minimum absolute atomic E-state index is 0.109. The number of aryl methyl sites for hydroxylation is 1. The summed E-state index contributed by atoms with van der Waals surface area (Å²) in [5.74, 6) is 3.29. The van der Waals surface area contributed by atoms with Crippen LogP contribution in [0.15, 0.2) is 48.5 Å². The van der Waals surface area contributed by atoms with E-state index in [4.69, 9.17) is 6.42 Å². The molecule has 4 heteroatoms. The highest BCUT2D eigenvalue weighted by Crippen LogP contribution is 2.16. The number of nitrogens with zero attached hydrogens (tertiary/aromatic N) is 2. The molecule has 0 atom stereocenters. The molecule has 0 aliphatic rings. The number of nitrogens with one attached hydrogen (secondary N) is 1. The van der Waals surface area contributed by atoms with Crippen molar-refractivity contribution >= 4 is 16.9 Å². The number of imidazole rings is 1. The van der Waals surface area contributed by atoms with Crippen LogP contribution < -0.4 is 5.32 Å². The molecule has 0 spiro atoms. The monoisotopic (exact) mass is 303 g/mol. The molecule has 3 aromatic rings. The second kappa shape index (κ2) is 6.37. The minimum atomic E-state index is -0.109. The Kier molecular flexibility index (Phi) is 4.11. The van der Waals surface area contributed by atoms with Crippen molar-refractivity contribution in [3.63, 3.8) is 0 Å². The fourth-order valence-electron chi connectivity index (χ4n) is 2.61. The molecule has 2 aromatic carbocycles. The Morgan fingerprint density at radius 1 is 1.22 bits per heavy atom. The Morgan fingerprint density at radius 3 is 2.74 bits per heavy atom. The van der Waals surface area contributed by atoms with Gasteiger partial charge in [0.05, 0.1) is 24.1 Å². The van der Waals surface area contributed by atoms with Gasteiger partial charge in [-0.1, -0.05) is 36.3 Å². The molecule has 1 amide bonds. The van der Waals surface area contributed by atoms with E-state index in [1.807, 2.05) is 60.0 Å². The van der Waals surface area contributed by atoms with Crippen LogP contribution >= 0.6 is 0 Å². The van der Waals surface area contributed by atoms with Gasteiger partial charge in [0.1, 0.15) is 5.82 Å². The molecule has 0 aliphatic heterocycles. The molecule has 23 heavy (non-hydrogen) atoms. The summed E-state index contributed by atoms with van der Waals surface area (Å²) in [5.41, 5.74) is 3.47. The van der Waals surface area contributed by atoms with Crippen LogP contribution in [0.2, 0.25) is 0 Å². The molecule has 114 valence electrons. The van der Waals surface area contributed by atoms with Crippen LogP contribution in [0.5, 0.6) is 0 Å². The normalized spacial score (nSPS) is 10.4. The van der Waals surface area contributed by atoms with Gasteiger partial charge in [-0.3, -0.25) is 4.79 Å². The Morgan fingerprint density at radius 2 is 1.96 bits per heavy atom. The van der Waals surface area contributed by atoms with E-state index in [9.17, 15) is 4.79 Å². The summed E-state index contributed by atoms with van der Waals surface area (Å²) in [6, 6.07) is 15.3. The number of carbonyl (C=O) groups is 1. The van der Waals surface area contributed by atoms with E-state index in [0.717, 1.165) is 22.4 Å². The van der Waals surface area contributed by atoms with E-state index in [1.165, 1.54) is 0 Å². The van der Waals surface area contributed by atoms with E-state index in [2.05, 4.69) is 16.2 Å². The van der Waals surface area contributed by atoms with E-state index in [0.29, 0.717) is 18.7 Å². The van der Waals surface area contributed by atoms with Crippen molar-refractivity contribution in [1.82, 2.24) is 14.9 Å². The lowest BCUT2D eigenvalue weighted by Crippen LogP contribution is -2.25. The number of amides is 1. The van der Waals surface area contributed by atoms with Gasteiger partial charge >= 0.3 is 0 Å². The standard InChI is InChI=1S/C19H17N3O/c1-3-12-22-17-11-7-6-10-16(17)21-18(22)13-20-19(23)15-9-5-4-8-14(15)2/h1,4-11H,12-13H2,2H3,(H,20,23). The number of aromatic nitrogens is 2. The van der Waals surface area contributed by atoms with Gasteiger partial charge in [0.2, 0.25) is 0 Å². The molecule has 0 fully saturated rings. The van der Waals surface area contributed by atoms with Gasteiger partial charge in [-0.2, -0.15) is 0 Å². The third-order valence-corrected chi connectivity index (χ3v) is 3.78. The summed E-state index contributed by atoms with van der Waals surface area (Å²) < 4.78 is 1.95. The van der Waals surface area contributed by atoms with Gasteiger partial charge in [0, 0.05) is 5.56 Å². The Bertz CT molecular complexity index is 902. The molecule has 0 radical (unpaired) electrons. The van der Waals surface area contributed by atoms with Crippen molar-refractivity contribution in [3.05, 3.63) is 65.5 Å². The quantitative estimate of drug-likeness (QED) is 0.753. The molecular weight excluding hydrogens is 286 g/mol. The molecule has 4 nitrogen and oxygen atoms in total. The summed E-state index contributed by atoms with van der Waals surface area (Å²) >= 11 is 0. The maximum absolute atomic E-state index is 12.3. The lowest BCUT2D eigenvalue weighted by molar-refractivity contribution is 0.0949. The van der Waals surface area contributed by atoms with Gasteiger partial charge in [0.15, 0.2) is 0 Å². The molecule has 0 saturated heterocycles. The highest BCUT2D eigenvalue weighted by Gasteiger charge is 2.12. The number of hydrogen-bond donors (Lipinski definition) is 1. The van der Waals surface area contributed by atoms with Crippen molar-refractivity contribution in [2.75, 3.05) is 0 Å². The molecule has 0 bridgehead atoms. The number of carbonyl (C=O) groups excluding carboxylic acids is 1. The van der Waals surface area contributed by atoms with Crippen molar-refractivity contribution in [2.24, 2.45) is 0 Å². The fourth-order valence-corrected chi connectivity index (χ4v) is 2.61. The van der Waals surface area contributed by atoms with Crippen LogP contribution in [0.25, 0.3) is 11.0 Å². The zero-order valence-electron chi connectivity index (χ0n) is 12.9. The average molecular weight is 303 g/mol. The Labute approximate surface area is 135 Å². The number of benzene rings is 2. The first-order chi connectivity index (χ1) is 11.2. The zero-order chi connectivity index (χ0) is 16.2. The predicted octanol–water partition coefficient (Wildman–Crippen LogP) is 2.91. The van der Waals surface area contributed by atoms with E-state index >= 15 is 0 Å². The SMILES string of the molecule is C#CCn1c(CNC(=O)c2ccccc2C)nc2ccccc21. The molecular formula is C19H17N3O. The first kappa shape index (κ1) is 14.9. The number of fused-ring (bicyclic) bond motifs is 1. The molecule has 1 heterocycles. The Hall–Kier alpha value is -3.06. The van der Waals surface area contributed by atoms with Crippen LogP contribution in [-0.2, 0) is 13.1 Å². The second-order valence-electron chi connectivity index (χ2n) is 5.30. The summed E-state index contributed by atoms with van der Waals surface area (Å²) in [4.78, 5) is 16.9. The van der Waals surface area contributed by atoms with Crippen LogP contribution in [0.1, 0.15) is 21.7 Å². The van der Waals surface area contributed by atoms with Crippen LogP contribution in [0.3, 0.4) is 0 Å². The number of para-hydroxylation sites is 2. The van der Waals surface area contributed by atoms with Crippen molar-refractivity contribution in [2.45, 2.75) is 20.0 Å². The third-order valence-electron chi connectivity index (χ3n) is 3.78. The number of rotatable bonds is 4. The van der Waals surface area contributed by atoms with E-state index in [-0.39, 0.29) is 5.91 Å². The van der Waals surface area contributed by atoms with Crippen LogP contribution in [0, 0.1) is 19.3 Å². The molecule has 1 N–H and O–H groups in total. The minimum Gasteiger partial charge on any atom is -0.345 e. The van der Waals surface area contributed by atoms with Gasteiger partial charge in [-0.25, -0.2) is 4.98 Å². The Balaban J connectivity index is 1.85. The summed E-state index contributed by atoms with van der Waals surface area (Å²) in [7, 11) is 0. The van der Waals surface area contributed by atoms with E-state index in [1.54, 1.807) is 0 Å². The van der Waals surface area contributed by atoms with E-state index < -0.39 is 0 Å². The smallest absolute Gasteiger partial charge is 0.251 e. The molecule has 0 saturated carbocycles. The molecule has 0 aliphatic carbocycles. The van der Waals surface area contributed by atoms with Crippen molar-refractivity contribution < 1.29 is 4.79 Å². The topological polar surface area (TPSA) is 46.9 Å². The van der Waals surface area contributed by atoms with Gasteiger partial charge in [-0.15, -0.1) is 6.42 Å². The highest BCUT2D eigenvalue weighted by atomic mass is 16.1. The average Bonchev–Trinajstić information content (AvgIpc) is 2.91. The fraction of sp³-hybridized carbons (Fsp3) is 0.158. The maximum atomic E-state index is 12.3. The maximum Gasteiger partial charge on any atom is 0.251 e. The lowest BCUT2D eigenvalue weighted by atomic mass is 10.1. The summed E-state index contributed by atoms with van der Waals surface area (Å²) in [5, 5.41) is 2.92. The molecule has 0 unspecified atom stereocenters. The van der Waals surface area contributed by atoms with Crippen LogP contribution in [-0.4, -0.2) is 15.5 Å². The number of hydrogen-bond acceptors (Lipinski definition) is 2. The third kappa shape index (κ3) is 2.95. The van der Waals surface area contributed by atoms with Gasteiger partial charge in [-0.05, 0) is 30.7 Å². The second-order valence-corrected chi connectivity index (χ2v) is 5.30. The number of terminal acetylenes is 1. The molecule has 3 rings (SSSR count). The lowest BCUT2D eigenvalue weighted by Gasteiger charge is -2.09. The predicted molar refractivity (Wildman–Crippen MR) is 90.9 cm³/mol. The largest absolute Gasteiger partial charge is 0.345 e. The first-order valence-electron chi connectivity index (χ1n) is 7.42. The summed E-state index contributed by atoms with van der Waals surface area (Å²) in [6.45, 7) is 2.68. The van der Waals surface area contributed by atoms with Crippen LogP contribution in [0.4, 0.5) is 0 Å². The molecule has 1 aromatic heterocycles. The van der Waals surface area contributed by atoms with Gasteiger partial charge < -0.3 is 9.88 Å². The van der Waals surface area contributed by atoms with Crippen molar-refractivity contribution in [1.29, 1.82) is 0 Å². The summed E-state index contributed by atoms with van der Waals surface area (Å²) in [6.07, 6.45) is 5.46. The zero-order valence-corrected chi connectivity index (χ0v) is 12.9. The highest BCUT2D eigenvalue weighted by molar-refractivity contribution is 5.95. The van der Waals surface area contributed by atoms with Crippen molar-refractivity contribution in [3.8, 4) is 12.3 Å².